The quantitative estimate of drug-likeness (QED) is 0.372. The number of carbonyl (C=O) groups is 1. The van der Waals surface area contributed by atoms with Gasteiger partial charge in [0.15, 0.2) is 0 Å². The second-order valence-corrected chi connectivity index (χ2v) is 7.12. The average molecular weight is 413 g/mol. The molecular formula is C22H27N3O5. The summed E-state index contributed by atoms with van der Waals surface area (Å²) in [4.78, 5) is 27.6. The van der Waals surface area contributed by atoms with Crippen molar-refractivity contribution in [2.75, 3.05) is 44.8 Å². The Labute approximate surface area is 176 Å². The Balaban J connectivity index is 1.61. The molecule has 1 heterocycles. The SMILES string of the molecule is CCCCOc1ccc(C(=O)N2CCN(c3ccc(OC)cc3[N+](=O)[O-])CC2)cc1. The number of nitro groups is 1. The Morgan fingerprint density at radius 1 is 1.07 bits per heavy atom. The number of amides is 1. The van der Waals surface area contributed by atoms with Gasteiger partial charge in [0.05, 0.1) is 24.7 Å². The lowest BCUT2D eigenvalue weighted by molar-refractivity contribution is -0.384. The van der Waals surface area contributed by atoms with Crippen LogP contribution >= 0.6 is 0 Å². The fourth-order valence-electron chi connectivity index (χ4n) is 3.40. The van der Waals surface area contributed by atoms with Gasteiger partial charge in [-0.05, 0) is 42.8 Å². The lowest BCUT2D eigenvalue weighted by Crippen LogP contribution is -2.48. The van der Waals surface area contributed by atoms with Crippen LogP contribution in [-0.2, 0) is 0 Å². The molecule has 2 aromatic rings. The Kier molecular flexibility index (Phi) is 7.11. The number of nitrogens with zero attached hydrogens (tertiary/aromatic N) is 3. The van der Waals surface area contributed by atoms with Crippen molar-refractivity contribution in [3.8, 4) is 11.5 Å². The fraction of sp³-hybridized carbons (Fsp3) is 0.409. The van der Waals surface area contributed by atoms with Crippen molar-refractivity contribution in [1.29, 1.82) is 0 Å². The first kappa shape index (κ1) is 21.4. The fourth-order valence-corrected chi connectivity index (χ4v) is 3.40. The molecule has 0 aliphatic carbocycles. The third-order valence-corrected chi connectivity index (χ3v) is 5.15. The number of ether oxygens (including phenoxy) is 2. The van der Waals surface area contributed by atoms with E-state index in [4.69, 9.17) is 9.47 Å². The molecule has 3 rings (SSSR count). The van der Waals surface area contributed by atoms with E-state index in [2.05, 4.69) is 6.92 Å². The average Bonchev–Trinajstić information content (AvgIpc) is 2.79. The van der Waals surface area contributed by atoms with E-state index in [0.29, 0.717) is 49.8 Å². The molecule has 160 valence electrons. The summed E-state index contributed by atoms with van der Waals surface area (Å²) in [7, 11) is 1.48. The maximum atomic E-state index is 12.8. The van der Waals surface area contributed by atoms with Gasteiger partial charge >= 0.3 is 0 Å². The van der Waals surface area contributed by atoms with Gasteiger partial charge in [-0.3, -0.25) is 14.9 Å². The molecule has 1 amide bonds. The van der Waals surface area contributed by atoms with E-state index in [1.807, 2.05) is 17.0 Å². The zero-order valence-electron chi connectivity index (χ0n) is 17.4. The lowest BCUT2D eigenvalue weighted by atomic mass is 10.1. The van der Waals surface area contributed by atoms with Crippen LogP contribution in [0, 0.1) is 10.1 Å². The van der Waals surface area contributed by atoms with E-state index >= 15 is 0 Å². The van der Waals surface area contributed by atoms with Crippen molar-refractivity contribution in [3.63, 3.8) is 0 Å². The number of rotatable bonds is 8. The van der Waals surface area contributed by atoms with Crippen molar-refractivity contribution in [1.82, 2.24) is 4.90 Å². The minimum atomic E-state index is -0.403. The molecule has 0 bridgehead atoms. The van der Waals surface area contributed by atoms with Crippen molar-refractivity contribution in [3.05, 3.63) is 58.1 Å². The van der Waals surface area contributed by atoms with Gasteiger partial charge in [-0.2, -0.15) is 0 Å². The number of hydrogen-bond donors (Lipinski definition) is 0. The Bertz CT molecular complexity index is 877. The van der Waals surface area contributed by atoms with Gasteiger partial charge in [0.25, 0.3) is 11.6 Å². The van der Waals surface area contributed by atoms with Crippen LogP contribution in [0.3, 0.4) is 0 Å². The van der Waals surface area contributed by atoms with Gasteiger partial charge in [0.2, 0.25) is 0 Å². The summed E-state index contributed by atoms with van der Waals surface area (Å²) < 4.78 is 10.7. The monoisotopic (exact) mass is 413 g/mol. The molecule has 0 N–H and O–H groups in total. The highest BCUT2D eigenvalue weighted by atomic mass is 16.6. The molecule has 1 aliphatic heterocycles. The normalized spacial score (nSPS) is 13.8. The van der Waals surface area contributed by atoms with E-state index < -0.39 is 4.92 Å². The summed E-state index contributed by atoms with van der Waals surface area (Å²) in [6.45, 7) is 4.82. The first-order valence-electron chi connectivity index (χ1n) is 10.1. The van der Waals surface area contributed by atoms with Gasteiger partial charge in [-0.25, -0.2) is 0 Å². The van der Waals surface area contributed by atoms with Crippen LogP contribution in [0.2, 0.25) is 0 Å². The van der Waals surface area contributed by atoms with Crippen molar-refractivity contribution in [2.24, 2.45) is 0 Å². The molecule has 1 saturated heterocycles. The number of nitro benzene ring substituents is 1. The number of benzene rings is 2. The molecule has 0 spiro atoms. The van der Waals surface area contributed by atoms with Crippen molar-refractivity contribution in [2.45, 2.75) is 19.8 Å². The number of methoxy groups -OCH3 is 1. The number of anilines is 1. The largest absolute Gasteiger partial charge is 0.496 e. The van der Waals surface area contributed by atoms with Crippen LogP contribution in [0.5, 0.6) is 11.5 Å². The molecule has 8 nitrogen and oxygen atoms in total. The van der Waals surface area contributed by atoms with Crippen LogP contribution in [0.25, 0.3) is 0 Å². The molecule has 0 radical (unpaired) electrons. The molecular weight excluding hydrogens is 386 g/mol. The zero-order chi connectivity index (χ0) is 21.5. The topological polar surface area (TPSA) is 85.2 Å². The highest BCUT2D eigenvalue weighted by molar-refractivity contribution is 5.94. The molecule has 0 saturated carbocycles. The third kappa shape index (κ3) is 5.00. The number of piperazine rings is 1. The van der Waals surface area contributed by atoms with Gasteiger partial charge in [0, 0.05) is 31.7 Å². The minimum Gasteiger partial charge on any atom is -0.496 e. The number of unbranched alkanes of at least 4 members (excludes halogenated alkanes) is 1. The van der Waals surface area contributed by atoms with E-state index in [-0.39, 0.29) is 11.6 Å². The maximum absolute atomic E-state index is 12.8. The van der Waals surface area contributed by atoms with Crippen LogP contribution in [-0.4, -0.2) is 55.6 Å². The Hall–Kier alpha value is -3.29. The summed E-state index contributed by atoms with van der Waals surface area (Å²) in [5.74, 6) is 1.16. The summed E-state index contributed by atoms with van der Waals surface area (Å²) in [6.07, 6.45) is 2.07. The predicted octanol–water partition coefficient (Wildman–Crippen LogP) is 3.74. The van der Waals surface area contributed by atoms with E-state index in [1.54, 1.807) is 29.2 Å². The second-order valence-electron chi connectivity index (χ2n) is 7.12. The summed E-state index contributed by atoms with van der Waals surface area (Å²) >= 11 is 0. The first-order valence-corrected chi connectivity index (χ1v) is 10.1. The van der Waals surface area contributed by atoms with Gasteiger partial charge in [0.1, 0.15) is 17.2 Å². The van der Waals surface area contributed by atoms with Crippen LogP contribution in [0.1, 0.15) is 30.1 Å². The molecule has 0 aromatic heterocycles. The maximum Gasteiger partial charge on any atom is 0.296 e. The summed E-state index contributed by atoms with van der Waals surface area (Å²) in [6, 6.07) is 12.0. The number of carbonyl (C=O) groups excluding carboxylic acids is 1. The smallest absolute Gasteiger partial charge is 0.296 e. The molecule has 1 aliphatic rings. The summed E-state index contributed by atoms with van der Waals surface area (Å²) in [5, 5.41) is 11.4. The first-order chi connectivity index (χ1) is 14.5. The molecule has 30 heavy (non-hydrogen) atoms. The number of hydrogen-bond acceptors (Lipinski definition) is 6. The third-order valence-electron chi connectivity index (χ3n) is 5.15. The minimum absolute atomic E-state index is 0.00721. The van der Waals surface area contributed by atoms with Crippen LogP contribution < -0.4 is 14.4 Å². The van der Waals surface area contributed by atoms with Gasteiger partial charge in [-0.1, -0.05) is 13.3 Å². The van der Waals surface area contributed by atoms with Gasteiger partial charge < -0.3 is 19.3 Å². The van der Waals surface area contributed by atoms with E-state index in [1.165, 1.54) is 13.2 Å². The standard InChI is InChI=1S/C22H27N3O5/c1-3-4-15-30-18-7-5-17(6-8-18)22(26)24-13-11-23(12-14-24)20-10-9-19(29-2)16-21(20)25(27)28/h5-10,16H,3-4,11-15H2,1-2H3. The predicted molar refractivity (Wildman–Crippen MR) is 115 cm³/mol. The molecule has 1 fully saturated rings. The van der Waals surface area contributed by atoms with Crippen molar-refractivity contribution >= 4 is 17.3 Å². The zero-order valence-corrected chi connectivity index (χ0v) is 17.4. The molecule has 0 unspecified atom stereocenters. The van der Waals surface area contributed by atoms with E-state index in [0.717, 1.165) is 18.6 Å². The summed E-state index contributed by atoms with van der Waals surface area (Å²) in [5.41, 5.74) is 1.16. The molecule has 0 atom stereocenters. The van der Waals surface area contributed by atoms with Crippen LogP contribution in [0.15, 0.2) is 42.5 Å². The van der Waals surface area contributed by atoms with Crippen LogP contribution in [0.4, 0.5) is 11.4 Å². The highest BCUT2D eigenvalue weighted by Gasteiger charge is 2.26. The second kappa shape index (κ2) is 9.96. The Morgan fingerprint density at radius 3 is 2.33 bits per heavy atom. The Morgan fingerprint density at radius 2 is 1.73 bits per heavy atom. The lowest BCUT2D eigenvalue weighted by Gasteiger charge is -2.35. The molecule has 8 heteroatoms. The highest BCUT2D eigenvalue weighted by Crippen LogP contribution is 2.32. The van der Waals surface area contributed by atoms with E-state index in [9.17, 15) is 14.9 Å². The molecule has 2 aromatic carbocycles. The van der Waals surface area contributed by atoms with Gasteiger partial charge in [-0.15, -0.1) is 0 Å². The van der Waals surface area contributed by atoms with Crippen molar-refractivity contribution < 1.29 is 19.2 Å².